The molecular formula is C25H31IN6. The molecule has 1 aliphatic heterocycles. The lowest BCUT2D eigenvalue weighted by atomic mass is 10.1. The van der Waals surface area contributed by atoms with Gasteiger partial charge in [0.1, 0.15) is 0 Å². The molecule has 0 saturated carbocycles. The molecule has 0 spiro atoms. The molecule has 3 aromatic rings. The lowest BCUT2D eigenvalue weighted by molar-refractivity contribution is 0.685. The van der Waals surface area contributed by atoms with Gasteiger partial charge >= 0.3 is 0 Å². The van der Waals surface area contributed by atoms with Crippen LogP contribution in [0.5, 0.6) is 0 Å². The van der Waals surface area contributed by atoms with Crippen molar-refractivity contribution in [3.05, 3.63) is 90.3 Å². The van der Waals surface area contributed by atoms with Crippen LogP contribution in [0, 0.1) is 0 Å². The van der Waals surface area contributed by atoms with Crippen LogP contribution < -0.4 is 15.5 Å². The fourth-order valence-corrected chi connectivity index (χ4v) is 3.68. The van der Waals surface area contributed by atoms with E-state index in [-0.39, 0.29) is 30.0 Å². The van der Waals surface area contributed by atoms with Crippen LogP contribution in [0.2, 0.25) is 0 Å². The summed E-state index contributed by atoms with van der Waals surface area (Å²) >= 11 is 0. The zero-order valence-electron chi connectivity index (χ0n) is 18.6. The molecule has 32 heavy (non-hydrogen) atoms. The third-order valence-electron chi connectivity index (χ3n) is 5.35. The van der Waals surface area contributed by atoms with Crippen molar-refractivity contribution in [1.82, 2.24) is 20.4 Å². The molecule has 0 radical (unpaired) electrons. The Morgan fingerprint density at radius 1 is 1.06 bits per heavy atom. The molecule has 0 fully saturated rings. The fraction of sp³-hybridized carbons (Fsp3) is 0.280. The Hall–Kier alpha value is -2.81. The number of guanidine groups is 1. The Labute approximate surface area is 207 Å². The van der Waals surface area contributed by atoms with E-state index in [0.29, 0.717) is 6.54 Å². The van der Waals surface area contributed by atoms with Crippen molar-refractivity contribution in [3.8, 4) is 5.69 Å². The minimum atomic E-state index is 0. The Balaban J connectivity index is 0.00000289. The highest BCUT2D eigenvalue weighted by atomic mass is 127. The van der Waals surface area contributed by atoms with Crippen molar-refractivity contribution in [2.75, 3.05) is 24.5 Å². The third-order valence-corrected chi connectivity index (χ3v) is 5.35. The molecule has 0 amide bonds. The monoisotopic (exact) mass is 542 g/mol. The van der Waals surface area contributed by atoms with Crippen LogP contribution in [-0.4, -0.2) is 35.4 Å². The summed E-state index contributed by atoms with van der Waals surface area (Å²) in [6, 6.07) is 19.1. The standard InChI is InChI=1S/C25H30N6.HI/c1-3-26-25(27-19-21-9-6-11-23(17-21)30-14-4-5-15-30)29-20(2)22-10-7-12-24(18-22)31-16-8-13-28-31;/h4-13,16-18,20H,3,14-15,19H2,1-2H3,(H2,26,27,29);1H. The number of rotatable bonds is 7. The zero-order chi connectivity index (χ0) is 21.5. The van der Waals surface area contributed by atoms with Crippen molar-refractivity contribution < 1.29 is 0 Å². The molecule has 1 aliphatic rings. The summed E-state index contributed by atoms with van der Waals surface area (Å²) in [6.07, 6.45) is 8.16. The van der Waals surface area contributed by atoms with Gasteiger partial charge in [-0.05, 0) is 55.3 Å². The number of aromatic nitrogens is 2. The predicted octanol–water partition coefficient (Wildman–Crippen LogP) is 4.68. The minimum Gasteiger partial charge on any atom is -0.364 e. The normalized spacial score (nSPS) is 14.2. The van der Waals surface area contributed by atoms with E-state index in [4.69, 9.17) is 4.99 Å². The summed E-state index contributed by atoms with van der Waals surface area (Å²) in [5.74, 6) is 0.813. The van der Waals surface area contributed by atoms with Crippen molar-refractivity contribution in [2.45, 2.75) is 26.4 Å². The number of nitrogens with one attached hydrogen (secondary N) is 2. The minimum absolute atomic E-state index is 0. The fourth-order valence-electron chi connectivity index (χ4n) is 3.68. The van der Waals surface area contributed by atoms with Gasteiger partial charge in [-0.1, -0.05) is 36.4 Å². The molecule has 4 rings (SSSR count). The van der Waals surface area contributed by atoms with Crippen LogP contribution in [0.3, 0.4) is 0 Å². The van der Waals surface area contributed by atoms with Crippen LogP contribution in [0.4, 0.5) is 5.69 Å². The van der Waals surface area contributed by atoms with Gasteiger partial charge in [0.15, 0.2) is 5.96 Å². The number of hydrogen-bond donors (Lipinski definition) is 2. The molecule has 0 aliphatic carbocycles. The summed E-state index contributed by atoms with van der Waals surface area (Å²) in [4.78, 5) is 7.18. The number of halogens is 1. The molecule has 2 heterocycles. The number of aliphatic imine (C=N–C) groups is 1. The average Bonchev–Trinajstić information content (AvgIpc) is 3.52. The highest BCUT2D eigenvalue weighted by molar-refractivity contribution is 14.0. The number of hydrogen-bond acceptors (Lipinski definition) is 3. The number of anilines is 1. The van der Waals surface area contributed by atoms with Crippen LogP contribution >= 0.6 is 24.0 Å². The largest absolute Gasteiger partial charge is 0.364 e. The van der Waals surface area contributed by atoms with E-state index >= 15 is 0 Å². The topological polar surface area (TPSA) is 57.5 Å². The molecule has 1 atom stereocenters. The van der Waals surface area contributed by atoms with E-state index in [1.54, 1.807) is 6.20 Å². The van der Waals surface area contributed by atoms with Crippen LogP contribution in [0.1, 0.15) is 31.0 Å². The zero-order valence-corrected chi connectivity index (χ0v) is 20.9. The molecule has 2 N–H and O–H groups in total. The van der Waals surface area contributed by atoms with Crippen molar-refractivity contribution >= 4 is 35.6 Å². The summed E-state index contributed by atoms with van der Waals surface area (Å²) in [5, 5.41) is 11.2. The first-order valence-electron chi connectivity index (χ1n) is 10.9. The van der Waals surface area contributed by atoms with Crippen LogP contribution in [0.25, 0.3) is 5.69 Å². The smallest absolute Gasteiger partial charge is 0.192 e. The van der Waals surface area contributed by atoms with Gasteiger partial charge in [-0.25, -0.2) is 9.67 Å². The molecule has 0 saturated heterocycles. The number of nitrogens with zero attached hydrogens (tertiary/aromatic N) is 4. The Bertz CT molecular complexity index is 1040. The van der Waals surface area contributed by atoms with Crippen LogP contribution in [-0.2, 0) is 6.54 Å². The second-order valence-corrected chi connectivity index (χ2v) is 7.65. The second-order valence-electron chi connectivity index (χ2n) is 7.65. The highest BCUT2D eigenvalue weighted by Gasteiger charge is 2.10. The molecule has 1 unspecified atom stereocenters. The Morgan fingerprint density at radius 2 is 1.84 bits per heavy atom. The lowest BCUT2D eigenvalue weighted by Gasteiger charge is -2.20. The van der Waals surface area contributed by atoms with E-state index in [1.807, 2.05) is 16.9 Å². The van der Waals surface area contributed by atoms with Gasteiger partial charge in [-0.15, -0.1) is 24.0 Å². The molecule has 2 aromatic carbocycles. The maximum absolute atomic E-state index is 4.83. The SMILES string of the molecule is CCNC(=NCc1cccc(N2CC=CC2)c1)NC(C)c1cccc(-n2cccn2)c1.I. The number of benzene rings is 2. The molecule has 7 heteroatoms. The predicted molar refractivity (Wildman–Crippen MR) is 143 cm³/mol. The highest BCUT2D eigenvalue weighted by Crippen LogP contribution is 2.19. The van der Waals surface area contributed by atoms with E-state index in [1.165, 1.54) is 16.8 Å². The maximum atomic E-state index is 4.83. The second kappa shape index (κ2) is 11.7. The average molecular weight is 542 g/mol. The van der Waals surface area contributed by atoms with Gasteiger partial charge in [0.05, 0.1) is 18.3 Å². The molecule has 168 valence electrons. The first-order valence-corrected chi connectivity index (χ1v) is 10.9. The van der Waals surface area contributed by atoms with Crippen molar-refractivity contribution in [1.29, 1.82) is 0 Å². The third kappa shape index (κ3) is 6.12. The maximum Gasteiger partial charge on any atom is 0.192 e. The van der Waals surface area contributed by atoms with Gasteiger partial charge in [-0.3, -0.25) is 0 Å². The van der Waals surface area contributed by atoms with Gasteiger partial charge in [0.25, 0.3) is 0 Å². The summed E-state index contributed by atoms with van der Waals surface area (Å²) in [7, 11) is 0. The van der Waals surface area contributed by atoms with E-state index < -0.39 is 0 Å². The van der Waals surface area contributed by atoms with Gasteiger partial charge in [0, 0.05) is 37.7 Å². The van der Waals surface area contributed by atoms with Gasteiger partial charge in [-0.2, -0.15) is 5.10 Å². The van der Waals surface area contributed by atoms with E-state index in [0.717, 1.165) is 31.3 Å². The van der Waals surface area contributed by atoms with Gasteiger partial charge < -0.3 is 15.5 Å². The molecule has 6 nitrogen and oxygen atoms in total. The van der Waals surface area contributed by atoms with Crippen molar-refractivity contribution in [3.63, 3.8) is 0 Å². The van der Waals surface area contributed by atoms with Crippen LogP contribution in [0.15, 0.2) is 84.1 Å². The first-order chi connectivity index (χ1) is 15.2. The Morgan fingerprint density at radius 3 is 2.59 bits per heavy atom. The first kappa shape index (κ1) is 23.8. The van der Waals surface area contributed by atoms with Gasteiger partial charge in [0.2, 0.25) is 0 Å². The van der Waals surface area contributed by atoms with Crippen molar-refractivity contribution in [2.24, 2.45) is 4.99 Å². The summed E-state index contributed by atoms with van der Waals surface area (Å²) in [5.41, 5.74) is 4.68. The quantitative estimate of drug-likeness (QED) is 0.197. The lowest BCUT2D eigenvalue weighted by Crippen LogP contribution is -2.38. The molecule has 0 bridgehead atoms. The van der Waals surface area contributed by atoms with E-state index in [9.17, 15) is 0 Å². The summed E-state index contributed by atoms with van der Waals surface area (Å²) < 4.78 is 1.87. The molecular weight excluding hydrogens is 511 g/mol. The molecule has 1 aromatic heterocycles. The Kier molecular flexibility index (Phi) is 8.72. The van der Waals surface area contributed by atoms with E-state index in [2.05, 4.69) is 95.2 Å². The summed E-state index contributed by atoms with van der Waals surface area (Å²) in [6.45, 7) is 7.63.